The molecule has 0 bridgehead atoms. The maximum Gasteiger partial charge on any atom is 0.147 e. The van der Waals surface area contributed by atoms with Gasteiger partial charge < -0.3 is 15.4 Å². The Hall–Kier alpha value is -1.24. The van der Waals surface area contributed by atoms with E-state index in [4.69, 9.17) is 4.74 Å². The van der Waals surface area contributed by atoms with Crippen molar-refractivity contribution in [2.75, 3.05) is 31.6 Å². The molecule has 17 heavy (non-hydrogen) atoms. The number of rotatable bonds is 3. The van der Waals surface area contributed by atoms with Gasteiger partial charge in [-0.1, -0.05) is 0 Å². The van der Waals surface area contributed by atoms with Crippen LogP contribution in [0.2, 0.25) is 0 Å². The lowest BCUT2D eigenvalue weighted by atomic mass is 10.3. The van der Waals surface area contributed by atoms with Gasteiger partial charge in [-0.15, -0.1) is 11.3 Å². The van der Waals surface area contributed by atoms with Gasteiger partial charge in [0.1, 0.15) is 12.1 Å². The molecule has 3 heterocycles. The lowest BCUT2D eigenvalue weighted by molar-refractivity contribution is 0.0372. The SMILES string of the molecule is c1nc(NCC2CNCCO2)c2sccc2n1. The van der Waals surface area contributed by atoms with Crippen LogP contribution in [-0.2, 0) is 4.74 Å². The molecule has 1 unspecified atom stereocenters. The summed E-state index contributed by atoms with van der Waals surface area (Å²) in [5.74, 6) is 0.902. The van der Waals surface area contributed by atoms with Crippen LogP contribution in [0.25, 0.3) is 10.2 Å². The molecule has 5 nitrogen and oxygen atoms in total. The largest absolute Gasteiger partial charge is 0.374 e. The molecule has 1 fully saturated rings. The predicted octanol–water partition coefficient (Wildman–Crippen LogP) is 1.09. The zero-order chi connectivity index (χ0) is 11.5. The van der Waals surface area contributed by atoms with E-state index >= 15 is 0 Å². The van der Waals surface area contributed by atoms with E-state index in [1.807, 2.05) is 11.4 Å². The van der Waals surface area contributed by atoms with E-state index in [-0.39, 0.29) is 6.10 Å². The highest BCUT2D eigenvalue weighted by Crippen LogP contribution is 2.24. The second kappa shape index (κ2) is 4.95. The summed E-state index contributed by atoms with van der Waals surface area (Å²) in [4.78, 5) is 8.49. The maximum absolute atomic E-state index is 5.63. The third kappa shape index (κ3) is 2.38. The van der Waals surface area contributed by atoms with Gasteiger partial charge in [-0.2, -0.15) is 0 Å². The van der Waals surface area contributed by atoms with E-state index in [9.17, 15) is 0 Å². The van der Waals surface area contributed by atoms with Crippen LogP contribution in [-0.4, -0.2) is 42.3 Å². The Morgan fingerprint density at radius 2 is 2.53 bits per heavy atom. The smallest absolute Gasteiger partial charge is 0.147 e. The quantitative estimate of drug-likeness (QED) is 0.854. The van der Waals surface area contributed by atoms with Gasteiger partial charge in [-0.25, -0.2) is 9.97 Å². The Morgan fingerprint density at radius 1 is 1.53 bits per heavy atom. The van der Waals surface area contributed by atoms with E-state index in [1.54, 1.807) is 17.7 Å². The Kier molecular flexibility index (Phi) is 3.17. The van der Waals surface area contributed by atoms with Crippen molar-refractivity contribution in [3.8, 4) is 0 Å². The van der Waals surface area contributed by atoms with Gasteiger partial charge in [-0.05, 0) is 11.4 Å². The van der Waals surface area contributed by atoms with Crippen LogP contribution < -0.4 is 10.6 Å². The number of anilines is 1. The average molecular weight is 250 g/mol. The average Bonchev–Trinajstić information content (AvgIpc) is 2.86. The van der Waals surface area contributed by atoms with E-state index in [1.165, 1.54) is 0 Å². The number of nitrogens with zero attached hydrogens (tertiary/aromatic N) is 2. The minimum absolute atomic E-state index is 0.216. The molecule has 1 saturated heterocycles. The summed E-state index contributed by atoms with van der Waals surface area (Å²) < 4.78 is 6.74. The molecule has 2 N–H and O–H groups in total. The molecule has 1 atom stereocenters. The summed E-state index contributed by atoms with van der Waals surface area (Å²) in [6, 6.07) is 2.01. The number of fused-ring (bicyclic) bond motifs is 1. The Balaban J connectivity index is 1.69. The van der Waals surface area contributed by atoms with Crippen molar-refractivity contribution in [3.05, 3.63) is 17.8 Å². The second-order valence-corrected chi connectivity index (χ2v) is 4.85. The number of hydrogen-bond acceptors (Lipinski definition) is 6. The molecule has 0 saturated carbocycles. The van der Waals surface area contributed by atoms with E-state index < -0.39 is 0 Å². The number of nitrogens with one attached hydrogen (secondary N) is 2. The van der Waals surface area contributed by atoms with Crippen LogP contribution in [0.1, 0.15) is 0 Å². The molecule has 1 aliphatic rings. The standard InChI is InChI=1S/C11H14N4OS/c1-4-17-10-9(1)14-7-15-11(10)13-6-8-5-12-2-3-16-8/h1,4,7-8,12H,2-3,5-6H2,(H,13,14,15). The van der Waals surface area contributed by atoms with E-state index in [0.29, 0.717) is 0 Å². The first kappa shape index (κ1) is 10.9. The molecule has 0 aliphatic carbocycles. The fourth-order valence-corrected chi connectivity index (χ4v) is 2.69. The monoisotopic (exact) mass is 250 g/mol. The summed E-state index contributed by atoms with van der Waals surface area (Å²) in [5, 5.41) is 8.68. The lowest BCUT2D eigenvalue weighted by Crippen LogP contribution is -2.42. The highest BCUT2D eigenvalue weighted by molar-refractivity contribution is 7.17. The third-order valence-electron chi connectivity index (χ3n) is 2.74. The van der Waals surface area contributed by atoms with Crippen LogP contribution >= 0.6 is 11.3 Å². The predicted molar refractivity (Wildman–Crippen MR) is 68.5 cm³/mol. The number of morpholine rings is 1. The molecule has 3 rings (SSSR count). The van der Waals surface area contributed by atoms with Crippen molar-refractivity contribution in [2.24, 2.45) is 0 Å². The van der Waals surface area contributed by atoms with Crippen molar-refractivity contribution in [2.45, 2.75) is 6.10 Å². The number of aromatic nitrogens is 2. The van der Waals surface area contributed by atoms with Gasteiger partial charge in [0.05, 0.1) is 22.9 Å². The molecule has 0 aromatic carbocycles. The summed E-state index contributed by atoms with van der Waals surface area (Å²) in [6.45, 7) is 3.40. The van der Waals surface area contributed by atoms with Gasteiger partial charge in [0.2, 0.25) is 0 Å². The molecule has 90 valence electrons. The zero-order valence-electron chi connectivity index (χ0n) is 9.35. The molecule has 6 heteroatoms. The lowest BCUT2D eigenvalue weighted by Gasteiger charge is -2.23. The van der Waals surface area contributed by atoms with Crippen molar-refractivity contribution in [1.82, 2.24) is 15.3 Å². The molecule has 0 radical (unpaired) electrons. The normalized spacial score (nSPS) is 20.6. The van der Waals surface area contributed by atoms with Gasteiger partial charge in [0.15, 0.2) is 0 Å². The van der Waals surface area contributed by atoms with Gasteiger partial charge >= 0.3 is 0 Å². The molecule has 0 spiro atoms. The Labute approximate surface area is 103 Å². The fourth-order valence-electron chi connectivity index (χ4n) is 1.88. The minimum atomic E-state index is 0.216. The number of hydrogen-bond donors (Lipinski definition) is 2. The first-order chi connectivity index (χ1) is 8.43. The zero-order valence-corrected chi connectivity index (χ0v) is 10.2. The Morgan fingerprint density at radius 3 is 3.41 bits per heavy atom. The first-order valence-corrected chi connectivity index (χ1v) is 6.56. The van der Waals surface area contributed by atoms with Crippen molar-refractivity contribution in [3.63, 3.8) is 0 Å². The molecule has 2 aromatic rings. The minimum Gasteiger partial charge on any atom is -0.374 e. The molecule has 1 aliphatic heterocycles. The molecule has 0 amide bonds. The van der Waals surface area contributed by atoms with Crippen molar-refractivity contribution >= 4 is 27.4 Å². The summed E-state index contributed by atoms with van der Waals surface area (Å²) in [7, 11) is 0. The maximum atomic E-state index is 5.63. The Bertz CT molecular complexity index is 495. The molecule has 2 aromatic heterocycles. The number of thiophene rings is 1. The second-order valence-electron chi connectivity index (χ2n) is 3.94. The highest BCUT2D eigenvalue weighted by atomic mass is 32.1. The van der Waals surface area contributed by atoms with Crippen molar-refractivity contribution in [1.29, 1.82) is 0 Å². The summed E-state index contributed by atoms with van der Waals surface area (Å²) >= 11 is 1.66. The third-order valence-corrected chi connectivity index (χ3v) is 3.66. The molecular weight excluding hydrogens is 236 g/mol. The fraction of sp³-hybridized carbons (Fsp3) is 0.455. The van der Waals surface area contributed by atoms with Crippen LogP contribution in [0, 0.1) is 0 Å². The van der Waals surface area contributed by atoms with E-state index in [2.05, 4.69) is 20.6 Å². The van der Waals surface area contributed by atoms with Crippen LogP contribution in [0.4, 0.5) is 5.82 Å². The molecular formula is C11H14N4OS. The van der Waals surface area contributed by atoms with Gasteiger partial charge in [0, 0.05) is 19.6 Å². The summed E-state index contributed by atoms with van der Waals surface area (Å²) in [5.41, 5.74) is 0.996. The topological polar surface area (TPSA) is 59.1 Å². The van der Waals surface area contributed by atoms with Crippen LogP contribution in [0.5, 0.6) is 0 Å². The number of ether oxygens (including phenoxy) is 1. The summed E-state index contributed by atoms with van der Waals surface area (Å²) in [6.07, 6.45) is 1.81. The van der Waals surface area contributed by atoms with Crippen LogP contribution in [0.15, 0.2) is 17.8 Å². The highest BCUT2D eigenvalue weighted by Gasteiger charge is 2.13. The van der Waals surface area contributed by atoms with Gasteiger partial charge in [0.25, 0.3) is 0 Å². The van der Waals surface area contributed by atoms with Crippen LogP contribution in [0.3, 0.4) is 0 Å². The van der Waals surface area contributed by atoms with E-state index in [0.717, 1.165) is 42.3 Å². The van der Waals surface area contributed by atoms with Gasteiger partial charge in [-0.3, -0.25) is 0 Å². The van der Waals surface area contributed by atoms with Crippen molar-refractivity contribution < 1.29 is 4.74 Å². The first-order valence-electron chi connectivity index (χ1n) is 5.68.